The predicted octanol–water partition coefficient (Wildman–Crippen LogP) is 3.27. The Labute approximate surface area is 121 Å². The Kier molecular flexibility index (Phi) is 2.67. The lowest BCUT2D eigenvalue weighted by Gasteiger charge is -2.05. The van der Waals surface area contributed by atoms with Gasteiger partial charge in [0.15, 0.2) is 5.78 Å². The summed E-state index contributed by atoms with van der Waals surface area (Å²) < 4.78 is 0. The first-order valence-corrected chi connectivity index (χ1v) is 6.93. The first-order chi connectivity index (χ1) is 10.3. The van der Waals surface area contributed by atoms with Crippen LogP contribution in [0.4, 0.5) is 0 Å². The highest BCUT2D eigenvalue weighted by atomic mass is 16.1. The molecular weight excluding hydrogens is 262 g/mol. The fourth-order valence-corrected chi connectivity index (χ4v) is 2.86. The minimum Gasteiger partial charge on any atom is -0.294 e. The molecule has 0 fully saturated rings. The molecule has 0 spiro atoms. The maximum Gasteiger partial charge on any atom is 0.163 e. The van der Waals surface area contributed by atoms with Crippen LogP contribution in [-0.2, 0) is 6.42 Å². The van der Waals surface area contributed by atoms with Crippen LogP contribution in [0.2, 0.25) is 0 Å². The maximum atomic E-state index is 11.7. The number of rotatable bonds is 2. The number of ketones is 1. The molecule has 4 heteroatoms. The highest BCUT2D eigenvalue weighted by Crippen LogP contribution is 2.33. The van der Waals surface area contributed by atoms with E-state index < -0.39 is 0 Å². The molecule has 0 saturated carbocycles. The molecule has 4 nitrogen and oxygen atoms in total. The summed E-state index contributed by atoms with van der Waals surface area (Å²) in [5, 5.41) is 7.29. The van der Waals surface area contributed by atoms with Crippen molar-refractivity contribution in [2.24, 2.45) is 0 Å². The quantitative estimate of drug-likeness (QED) is 0.781. The second-order valence-corrected chi connectivity index (χ2v) is 5.18. The smallest absolute Gasteiger partial charge is 0.163 e. The number of Topliss-reactive ketones (excluding diaryl/α,β-unsaturated/α-hetero) is 1. The Bertz CT molecular complexity index is 821. The zero-order valence-corrected chi connectivity index (χ0v) is 11.3. The number of benzene rings is 1. The second-order valence-electron chi connectivity index (χ2n) is 5.18. The Morgan fingerprint density at radius 3 is 2.67 bits per heavy atom. The number of H-pyrrole nitrogens is 1. The van der Waals surface area contributed by atoms with E-state index in [-0.39, 0.29) is 5.78 Å². The van der Waals surface area contributed by atoms with Crippen LogP contribution in [0.1, 0.15) is 22.3 Å². The van der Waals surface area contributed by atoms with Gasteiger partial charge in [0.05, 0.1) is 5.69 Å². The van der Waals surface area contributed by atoms with Gasteiger partial charge >= 0.3 is 0 Å². The van der Waals surface area contributed by atoms with Gasteiger partial charge in [-0.25, -0.2) is 0 Å². The van der Waals surface area contributed by atoms with E-state index in [0.29, 0.717) is 6.42 Å². The monoisotopic (exact) mass is 275 g/mol. The van der Waals surface area contributed by atoms with E-state index in [0.717, 1.165) is 39.9 Å². The number of aryl methyl sites for hydroxylation is 1. The fourth-order valence-electron chi connectivity index (χ4n) is 2.86. The van der Waals surface area contributed by atoms with Crippen molar-refractivity contribution < 1.29 is 4.79 Å². The van der Waals surface area contributed by atoms with Crippen molar-refractivity contribution in [2.45, 2.75) is 12.8 Å². The molecular formula is C17H13N3O. The van der Waals surface area contributed by atoms with Crippen molar-refractivity contribution in [3.05, 3.63) is 60.0 Å². The third-order valence-electron chi connectivity index (χ3n) is 3.93. The van der Waals surface area contributed by atoms with Crippen LogP contribution in [0.15, 0.2) is 48.9 Å². The summed E-state index contributed by atoms with van der Waals surface area (Å²) in [4.78, 5) is 15.8. The van der Waals surface area contributed by atoms with Crippen LogP contribution >= 0.6 is 0 Å². The zero-order chi connectivity index (χ0) is 14.2. The SMILES string of the molecule is O=C1CCc2cc(-c3c[nH]nc3-c3ccncc3)ccc21. The van der Waals surface area contributed by atoms with Crippen LogP contribution in [-0.4, -0.2) is 21.0 Å². The van der Waals surface area contributed by atoms with Crippen molar-refractivity contribution in [2.75, 3.05) is 0 Å². The van der Waals surface area contributed by atoms with E-state index in [9.17, 15) is 4.79 Å². The van der Waals surface area contributed by atoms with Gasteiger partial charge in [0.2, 0.25) is 0 Å². The molecule has 102 valence electrons. The molecule has 0 atom stereocenters. The number of fused-ring (bicyclic) bond motifs is 1. The molecule has 0 aliphatic heterocycles. The molecule has 0 unspecified atom stereocenters. The van der Waals surface area contributed by atoms with Crippen LogP contribution in [0.5, 0.6) is 0 Å². The van der Waals surface area contributed by atoms with Gasteiger partial charge in [0.1, 0.15) is 0 Å². The van der Waals surface area contributed by atoms with E-state index in [2.05, 4.69) is 21.2 Å². The summed E-state index contributed by atoms with van der Waals surface area (Å²) in [5.74, 6) is 0.248. The molecule has 2 aromatic heterocycles. The molecule has 1 N–H and O–H groups in total. The van der Waals surface area contributed by atoms with E-state index >= 15 is 0 Å². The summed E-state index contributed by atoms with van der Waals surface area (Å²) in [7, 11) is 0. The Morgan fingerprint density at radius 2 is 1.81 bits per heavy atom. The molecule has 1 aromatic carbocycles. The van der Waals surface area contributed by atoms with Gasteiger partial charge < -0.3 is 0 Å². The first-order valence-electron chi connectivity index (χ1n) is 6.93. The summed E-state index contributed by atoms with van der Waals surface area (Å²) in [5.41, 5.74) is 6.07. The van der Waals surface area contributed by atoms with E-state index in [1.54, 1.807) is 12.4 Å². The summed E-state index contributed by atoms with van der Waals surface area (Å²) >= 11 is 0. The molecule has 0 bridgehead atoms. The van der Waals surface area contributed by atoms with Gasteiger partial charge in [0.25, 0.3) is 0 Å². The molecule has 1 aliphatic rings. The zero-order valence-electron chi connectivity index (χ0n) is 11.3. The molecule has 0 radical (unpaired) electrons. The lowest BCUT2D eigenvalue weighted by molar-refractivity contribution is 0.0994. The van der Waals surface area contributed by atoms with E-state index in [1.165, 1.54) is 0 Å². The molecule has 4 rings (SSSR count). The average Bonchev–Trinajstić information content (AvgIpc) is 3.15. The lowest BCUT2D eigenvalue weighted by atomic mass is 9.99. The standard InChI is InChI=1S/C17H13N3O/c21-16-4-2-12-9-13(1-3-14(12)16)15-10-19-20-17(15)11-5-7-18-8-6-11/h1,3,5-10H,2,4H2,(H,19,20). The maximum absolute atomic E-state index is 11.7. The van der Waals surface area contributed by atoms with Crippen LogP contribution < -0.4 is 0 Å². The minimum atomic E-state index is 0.248. The Balaban J connectivity index is 1.82. The number of nitrogens with zero attached hydrogens (tertiary/aromatic N) is 2. The lowest BCUT2D eigenvalue weighted by Crippen LogP contribution is -1.91. The van der Waals surface area contributed by atoms with Gasteiger partial charge in [-0.2, -0.15) is 5.10 Å². The van der Waals surface area contributed by atoms with Crippen molar-refractivity contribution in [1.29, 1.82) is 0 Å². The fraction of sp³-hybridized carbons (Fsp3) is 0.118. The highest BCUT2D eigenvalue weighted by molar-refractivity contribution is 6.01. The second kappa shape index (κ2) is 4.66. The number of hydrogen-bond donors (Lipinski definition) is 1. The average molecular weight is 275 g/mol. The molecule has 3 aromatic rings. The van der Waals surface area contributed by atoms with Crippen molar-refractivity contribution in [3.8, 4) is 22.4 Å². The van der Waals surface area contributed by atoms with E-state index in [1.807, 2.05) is 30.5 Å². The predicted molar refractivity (Wildman–Crippen MR) is 79.9 cm³/mol. The minimum absolute atomic E-state index is 0.248. The van der Waals surface area contributed by atoms with Crippen LogP contribution in [0.3, 0.4) is 0 Å². The number of aromatic amines is 1. The Morgan fingerprint density at radius 1 is 0.952 bits per heavy atom. The van der Waals surface area contributed by atoms with E-state index in [4.69, 9.17) is 0 Å². The third-order valence-corrected chi connectivity index (χ3v) is 3.93. The summed E-state index contributed by atoms with van der Waals surface area (Å²) in [6, 6.07) is 9.92. The number of nitrogens with one attached hydrogen (secondary N) is 1. The molecule has 2 heterocycles. The summed E-state index contributed by atoms with van der Waals surface area (Å²) in [6.45, 7) is 0. The number of carbonyl (C=O) groups is 1. The molecule has 0 amide bonds. The van der Waals surface area contributed by atoms with Gasteiger partial charge in [-0.15, -0.1) is 0 Å². The number of aromatic nitrogens is 3. The van der Waals surface area contributed by atoms with Crippen LogP contribution in [0.25, 0.3) is 22.4 Å². The van der Waals surface area contributed by atoms with Crippen molar-refractivity contribution in [3.63, 3.8) is 0 Å². The van der Waals surface area contributed by atoms with Gasteiger partial charge in [-0.05, 0) is 29.7 Å². The first kappa shape index (κ1) is 12.0. The Hall–Kier alpha value is -2.75. The topological polar surface area (TPSA) is 58.6 Å². The third kappa shape index (κ3) is 1.96. The number of hydrogen-bond acceptors (Lipinski definition) is 3. The van der Waals surface area contributed by atoms with Crippen molar-refractivity contribution >= 4 is 5.78 Å². The highest BCUT2D eigenvalue weighted by Gasteiger charge is 2.20. The van der Waals surface area contributed by atoms with Gasteiger partial charge in [-0.3, -0.25) is 14.9 Å². The normalized spacial score (nSPS) is 13.4. The molecule has 21 heavy (non-hydrogen) atoms. The van der Waals surface area contributed by atoms with Gasteiger partial charge in [0, 0.05) is 41.7 Å². The van der Waals surface area contributed by atoms with Gasteiger partial charge in [-0.1, -0.05) is 18.2 Å². The molecule has 0 saturated heterocycles. The molecule has 1 aliphatic carbocycles. The largest absolute Gasteiger partial charge is 0.294 e. The summed E-state index contributed by atoms with van der Waals surface area (Å²) in [6.07, 6.45) is 6.88. The number of pyridine rings is 1. The van der Waals surface area contributed by atoms with Crippen molar-refractivity contribution in [1.82, 2.24) is 15.2 Å². The number of carbonyl (C=O) groups excluding carboxylic acids is 1. The van der Waals surface area contributed by atoms with Crippen LogP contribution in [0, 0.1) is 0 Å².